The Morgan fingerprint density at radius 1 is 1.06 bits per heavy atom. The molecule has 0 aliphatic carbocycles. The van der Waals surface area contributed by atoms with Crippen molar-refractivity contribution in [2.45, 2.75) is 62.1 Å². The van der Waals surface area contributed by atoms with Crippen molar-refractivity contribution in [2.75, 3.05) is 66.3 Å². The molecule has 266 valence electrons. The number of hydrogen-bond acceptors (Lipinski definition) is 10. The number of nitrogens with one attached hydrogen (secondary N) is 1. The van der Waals surface area contributed by atoms with E-state index in [2.05, 4.69) is 10.2 Å². The average Bonchev–Trinajstić information content (AvgIpc) is 3.76. The number of morpholine rings is 1. The first-order valence-electron chi connectivity index (χ1n) is 17.4. The Morgan fingerprint density at radius 3 is 2.55 bits per heavy atom. The van der Waals surface area contributed by atoms with Gasteiger partial charge in [0.15, 0.2) is 0 Å². The van der Waals surface area contributed by atoms with Crippen molar-refractivity contribution in [3.63, 3.8) is 0 Å². The molecule has 0 aromatic heterocycles. The lowest BCUT2D eigenvalue weighted by Gasteiger charge is -2.39. The second-order valence-electron chi connectivity index (χ2n) is 13.3. The molecule has 6 rings (SSSR count). The number of amides is 3. The van der Waals surface area contributed by atoms with Crippen molar-refractivity contribution < 1.29 is 43.2 Å². The molecule has 13 nitrogen and oxygen atoms in total. The number of benzene rings is 1. The maximum absolute atomic E-state index is 14.8. The van der Waals surface area contributed by atoms with Gasteiger partial charge in [0.1, 0.15) is 23.7 Å². The second-order valence-corrected chi connectivity index (χ2v) is 13.3. The summed E-state index contributed by atoms with van der Waals surface area (Å²) in [5.41, 5.74) is -0.762. The van der Waals surface area contributed by atoms with Crippen LogP contribution in [0.15, 0.2) is 54.6 Å². The van der Waals surface area contributed by atoms with E-state index in [0.29, 0.717) is 44.7 Å². The topological polar surface area (TPSA) is 147 Å². The lowest BCUT2D eigenvalue weighted by atomic mass is 9.74. The highest BCUT2D eigenvalue weighted by Crippen LogP contribution is 2.56. The van der Waals surface area contributed by atoms with E-state index < -0.39 is 59.6 Å². The van der Waals surface area contributed by atoms with Gasteiger partial charge in [-0.2, -0.15) is 0 Å². The van der Waals surface area contributed by atoms with Gasteiger partial charge in [-0.15, -0.1) is 0 Å². The number of cyclic esters (lactones) is 1. The number of esters is 1. The number of nitrogens with zero attached hydrogens (tertiary/aromatic N) is 3. The van der Waals surface area contributed by atoms with Gasteiger partial charge in [-0.05, 0) is 18.4 Å². The van der Waals surface area contributed by atoms with E-state index in [-0.39, 0.29) is 38.0 Å². The number of likely N-dealkylation sites (tertiary alicyclic amines) is 1. The Kier molecular flexibility index (Phi) is 11.1. The number of hydrogen-bond donors (Lipinski definition) is 2. The molecule has 5 aliphatic heterocycles. The van der Waals surface area contributed by atoms with E-state index in [1.165, 1.54) is 12.0 Å². The van der Waals surface area contributed by atoms with Gasteiger partial charge in [-0.1, -0.05) is 61.6 Å². The van der Waals surface area contributed by atoms with Crippen LogP contribution in [0.5, 0.6) is 0 Å². The molecular weight excluding hydrogens is 632 g/mol. The quantitative estimate of drug-likeness (QED) is 0.284. The lowest BCUT2D eigenvalue weighted by Crippen LogP contribution is -2.59. The Balaban J connectivity index is 1.40. The second kappa shape index (κ2) is 15.5. The fourth-order valence-corrected chi connectivity index (χ4v) is 7.94. The van der Waals surface area contributed by atoms with Crippen LogP contribution in [0.4, 0.5) is 0 Å². The molecule has 1 spiro atoms. The maximum Gasteiger partial charge on any atom is 0.313 e. The minimum atomic E-state index is -1.41. The highest BCUT2D eigenvalue weighted by Gasteiger charge is 2.74. The zero-order valence-electron chi connectivity index (χ0n) is 28.3. The van der Waals surface area contributed by atoms with Gasteiger partial charge in [-0.3, -0.25) is 24.1 Å². The van der Waals surface area contributed by atoms with Crippen molar-refractivity contribution >= 4 is 23.7 Å². The van der Waals surface area contributed by atoms with Crippen LogP contribution in [-0.2, 0) is 38.1 Å². The van der Waals surface area contributed by atoms with Crippen molar-refractivity contribution in [1.29, 1.82) is 0 Å². The molecule has 3 saturated heterocycles. The Labute approximate surface area is 287 Å². The average molecular weight is 681 g/mol. The summed E-state index contributed by atoms with van der Waals surface area (Å²) in [6, 6.07) is 6.64. The zero-order valence-corrected chi connectivity index (χ0v) is 28.3. The summed E-state index contributed by atoms with van der Waals surface area (Å²) in [5.74, 6) is -3.72. The first-order chi connectivity index (χ1) is 23.8. The lowest BCUT2D eigenvalue weighted by molar-refractivity contribution is -0.163. The van der Waals surface area contributed by atoms with Gasteiger partial charge >= 0.3 is 5.97 Å². The first-order valence-corrected chi connectivity index (χ1v) is 17.4. The van der Waals surface area contributed by atoms with Crippen molar-refractivity contribution in [1.82, 2.24) is 20.0 Å². The molecule has 49 heavy (non-hydrogen) atoms. The number of aliphatic hydroxyl groups excluding tert-OH is 1. The number of fused-ring (bicyclic) bond motifs is 2. The van der Waals surface area contributed by atoms with Crippen LogP contribution in [0.3, 0.4) is 0 Å². The number of aliphatic hydroxyl groups is 1. The van der Waals surface area contributed by atoms with Crippen LogP contribution in [-0.4, -0.2) is 140 Å². The molecule has 13 heteroatoms. The van der Waals surface area contributed by atoms with E-state index in [1.807, 2.05) is 49.4 Å². The number of carbonyl (C=O) groups is 4. The van der Waals surface area contributed by atoms with Gasteiger partial charge in [0, 0.05) is 46.3 Å². The zero-order chi connectivity index (χ0) is 34.5. The molecular formula is C36H48N4O9. The summed E-state index contributed by atoms with van der Waals surface area (Å²) >= 11 is 0. The third kappa shape index (κ3) is 6.91. The minimum absolute atomic E-state index is 0.0718. The van der Waals surface area contributed by atoms with E-state index in [9.17, 15) is 24.3 Å². The van der Waals surface area contributed by atoms with Crippen LogP contribution in [0, 0.1) is 11.8 Å². The molecule has 0 radical (unpaired) electrons. The third-order valence-electron chi connectivity index (χ3n) is 10.5. The van der Waals surface area contributed by atoms with E-state index in [0.717, 1.165) is 13.1 Å². The van der Waals surface area contributed by atoms with Gasteiger partial charge in [0.25, 0.3) is 0 Å². The van der Waals surface area contributed by atoms with Crippen LogP contribution in [0.1, 0.15) is 37.9 Å². The fourth-order valence-electron chi connectivity index (χ4n) is 7.94. The summed E-state index contributed by atoms with van der Waals surface area (Å²) in [6.07, 6.45) is 6.55. The van der Waals surface area contributed by atoms with E-state index in [4.69, 9.17) is 18.9 Å². The standard InChI is InChI=1S/C36H48N4O9/c1-3-25(22-41)40-32-34(44)39(17-16-38-18-20-47-21-19-38)15-9-5-8-12-28(42)37-26(23-46-2)31(24-10-6-4-7-11-24)48-35(45)29-27-13-14-36(32,49-27)30(29)33(40)43/h4-7,9-11,13-14,25-27,29-32,41H,3,8,12,15-23H2,1-2H3,(H,37,42)/b9-5-/t25-,26-,27+,29-,30-,31-,32+,36-/m0/s1. The molecule has 5 bridgehead atoms. The molecule has 0 saturated carbocycles. The van der Waals surface area contributed by atoms with E-state index >= 15 is 0 Å². The summed E-state index contributed by atoms with van der Waals surface area (Å²) < 4.78 is 23.8. The van der Waals surface area contributed by atoms with Gasteiger partial charge in [-0.25, -0.2) is 0 Å². The molecule has 1 aromatic carbocycles. The number of ether oxygens (including phenoxy) is 4. The molecule has 8 atom stereocenters. The Morgan fingerprint density at radius 2 is 1.84 bits per heavy atom. The fraction of sp³-hybridized carbons (Fsp3) is 0.611. The number of rotatable bonds is 9. The maximum atomic E-state index is 14.8. The highest BCUT2D eigenvalue weighted by atomic mass is 16.6. The summed E-state index contributed by atoms with van der Waals surface area (Å²) in [7, 11) is 1.51. The third-order valence-corrected chi connectivity index (χ3v) is 10.5. The van der Waals surface area contributed by atoms with Crippen LogP contribution in [0.25, 0.3) is 0 Å². The minimum Gasteiger partial charge on any atom is -0.455 e. The van der Waals surface area contributed by atoms with Gasteiger partial charge < -0.3 is 39.2 Å². The highest BCUT2D eigenvalue weighted by molar-refractivity contribution is 5.99. The molecule has 2 N–H and O–H groups in total. The summed E-state index contributed by atoms with van der Waals surface area (Å²) in [4.78, 5) is 62.4. The van der Waals surface area contributed by atoms with E-state index in [1.54, 1.807) is 17.1 Å². The van der Waals surface area contributed by atoms with Crippen LogP contribution >= 0.6 is 0 Å². The normalized spacial score (nSPS) is 33.8. The molecule has 3 amide bonds. The number of allylic oxidation sites excluding steroid dienone is 1. The number of methoxy groups -OCH3 is 1. The number of carbonyl (C=O) groups excluding carboxylic acids is 4. The monoisotopic (exact) mass is 680 g/mol. The molecule has 5 heterocycles. The van der Waals surface area contributed by atoms with Crippen molar-refractivity contribution in [3.8, 4) is 0 Å². The molecule has 5 aliphatic rings. The van der Waals surface area contributed by atoms with Crippen molar-refractivity contribution in [2.24, 2.45) is 11.8 Å². The largest absolute Gasteiger partial charge is 0.455 e. The SMILES string of the molecule is CC[C@@H](CO)N1C(=O)[C@@H]2[C@H]3C(=O)O[C@@H](c4ccccc4)[C@H](COC)NC(=O)CC/C=C\CN(CCN4CCOCC4)C(=O)[C@@H]1[C@]21C=C[C@H]3O1. The summed E-state index contributed by atoms with van der Waals surface area (Å²) in [5, 5.41) is 13.5. The van der Waals surface area contributed by atoms with Crippen LogP contribution < -0.4 is 5.32 Å². The first kappa shape index (κ1) is 35.2. The Bertz CT molecular complexity index is 1410. The smallest absolute Gasteiger partial charge is 0.313 e. The molecule has 1 aromatic rings. The van der Waals surface area contributed by atoms with Gasteiger partial charge in [0.05, 0.1) is 50.5 Å². The molecule has 0 unspecified atom stereocenters. The summed E-state index contributed by atoms with van der Waals surface area (Å²) in [6.45, 7) is 5.56. The van der Waals surface area contributed by atoms with Crippen molar-refractivity contribution in [3.05, 3.63) is 60.2 Å². The van der Waals surface area contributed by atoms with Crippen LogP contribution in [0.2, 0.25) is 0 Å². The predicted octanol–water partition coefficient (Wildman–Crippen LogP) is 0.834. The van der Waals surface area contributed by atoms with Gasteiger partial charge in [0.2, 0.25) is 17.7 Å². The predicted molar refractivity (Wildman–Crippen MR) is 177 cm³/mol. The molecule has 3 fully saturated rings. The Hall–Kier alpha value is -3.62.